The normalized spacial score (nSPS) is 19.4. The molecule has 0 spiro atoms. The third kappa shape index (κ3) is 4.92. The first kappa shape index (κ1) is 13.4. The molecule has 16 heavy (non-hydrogen) atoms. The zero-order chi connectivity index (χ0) is 11.8. The minimum atomic E-state index is -0.169. The summed E-state index contributed by atoms with van der Waals surface area (Å²) in [6, 6.07) is 0. The predicted molar refractivity (Wildman–Crippen MR) is 61.1 cm³/mol. The Bertz CT molecular complexity index is 205. The van der Waals surface area contributed by atoms with Gasteiger partial charge in [-0.1, -0.05) is 0 Å². The molecular weight excluding hydrogens is 208 g/mol. The quantitative estimate of drug-likeness (QED) is 0.643. The summed E-state index contributed by atoms with van der Waals surface area (Å²) in [5.74, 6) is 0.0627. The molecule has 0 aromatic carbocycles. The molecule has 0 aromatic heterocycles. The lowest BCUT2D eigenvalue weighted by atomic mass is 10.0. The number of nitrogens with two attached hydrogens (primary N) is 1. The van der Waals surface area contributed by atoms with Crippen LogP contribution in [0, 0.1) is 5.92 Å². The van der Waals surface area contributed by atoms with E-state index in [-0.39, 0.29) is 11.9 Å². The van der Waals surface area contributed by atoms with E-state index in [9.17, 15) is 4.79 Å². The van der Waals surface area contributed by atoms with E-state index in [0.29, 0.717) is 13.0 Å². The largest absolute Gasteiger partial charge is 0.469 e. The third-order valence-corrected chi connectivity index (χ3v) is 2.97. The lowest BCUT2D eigenvalue weighted by Crippen LogP contribution is -2.38. The van der Waals surface area contributed by atoms with Gasteiger partial charge in [0.05, 0.1) is 20.3 Å². The van der Waals surface area contributed by atoms with Crippen LogP contribution in [-0.2, 0) is 14.3 Å². The van der Waals surface area contributed by atoms with Crippen molar-refractivity contribution in [1.29, 1.82) is 0 Å². The van der Waals surface area contributed by atoms with Gasteiger partial charge < -0.3 is 15.2 Å². The molecule has 0 aliphatic carbocycles. The maximum Gasteiger partial charge on any atom is 0.305 e. The second-order valence-corrected chi connectivity index (χ2v) is 4.12. The molecule has 1 atom stereocenters. The molecule has 0 aromatic rings. The maximum atomic E-state index is 11.1. The molecule has 5 nitrogen and oxygen atoms in total. The molecule has 0 bridgehead atoms. The number of ether oxygens (including phenoxy) is 2. The predicted octanol–water partition coefficient (Wildman–Crippen LogP) is -0.153. The zero-order valence-corrected chi connectivity index (χ0v) is 9.98. The molecule has 1 heterocycles. The van der Waals surface area contributed by atoms with Gasteiger partial charge in [0.25, 0.3) is 0 Å². The highest BCUT2D eigenvalue weighted by Crippen LogP contribution is 2.10. The topological polar surface area (TPSA) is 64.8 Å². The monoisotopic (exact) mass is 230 g/mol. The summed E-state index contributed by atoms with van der Waals surface area (Å²) in [7, 11) is 1.41. The number of esters is 1. The van der Waals surface area contributed by atoms with Crippen LogP contribution < -0.4 is 5.73 Å². The average molecular weight is 230 g/mol. The highest BCUT2D eigenvalue weighted by atomic mass is 16.5. The molecular formula is C11H22N2O3. The number of nitrogens with zero attached hydrogens (tertiary/aromatic N) is 1. The molecule has 94 valence electrons. The van der Waals surface area contributed by atoms with Crippen LogP contribution in [0.3, 0.4) is 0 Å². The average Bonchev–Trinajstić information content (AvgIpc) is 2.35. The fourth-order valence-electron chi connectivity index (χ4n) is 1.81. The summed E-state index contributed by atoms with van der Waals surface area (Å²) < 4.78 is 9.92. The Morgan fingerprint density at radius 3 is 2.75 bits per heavy atom. The van der Waals surface area contributed by atoms with Crippen LogP contribution in [0.2, 0.25) is 0 Å². The second-order valence-electron chi connectivity index (χ2n) is 4.12. The molecule has 1 saturated heterocycles. The van der Waals surface area contributed by atoms with Crippen molar-refractivity contribution in [2.24, 2.45) is 11.7 Å². The Morgan fingerprint density at radius 2 is 2.19 bits per heavy atom. The Kier molecular flexibility index (Phi) is 6.37. The van der Waals surface area contributed by atoms with Crippen molar-refractivity contribution in [2.75, 3.05) is 46.5 Å². The molecule has 1 rings (SSSR count). The molecule has 1 fully saturated rings. The fraction of sp³-hybridized carbons (Fsp3) is 0.909. The van der Waals surface area contributed by atoms with Crippen LogP contribution >= 0.6 is 0 Å². The Morgan fingerprint density at radius 1 is 1.50 bits per heavy atom. The van der Waals surface area contributed by atoms with E-state index in [4.69, 9.17) is 10.5 Å². The summed E-state index contributed by atoms with van der Waals surface area (Å²) in [5.41, 5.74) is 5.64. The van der Waals surface area contributed by atoms with Gasteiger partial charge in [0, 0.05) is 19.5 Å². The first-order valence-electron chi connectivity index (χ1n) is 5.83. The molecule has 0 saturated carbocycles. The molecule has 0 amide bonds. The minimum absolute atomic E-state index is 0.169. The van der Waals surface area contributed by atoms with Gasteiger partial charge in [-0.05, 0) is 25.4 Å². The van der Waals surface area contributed by atoms with Crippen molar-refractivity contribution >= 4 is 5.97 Å². The summed E-state index contributed by atoms with van der Waals surface area (Å²) in [6.07, 6.45) is 1.38. The molecule has 1 aliphatic heterocycles. The highest BCUT2D eigenvalue weighted by molar-refractivity contribution is 5.69. The third-order valence-electron chi connectivity index (χ3n) is 2.97. The lowest BCUT2D eigenvalue weighted by molar-refractivity contribution is -0.141. The van der Waals surface area contributed by atoms with Gasteiger partial charge in [-0.15, -0.1) is 0 Å². The summed E-state index contributed by atoms with van der Waals surface area (Å²) in [4.78, 5) is 13.5. The summed E-state index contributed by atoms with van der Waals surface area (Å²) >= 11 is 0. The summed E-state index contributed by atoms with van der Waals surface area (Å²) in [6.45, 7) is 5.11. The highest BCUT2D eigenvalue weighted by Gasteiger charge is 2.16. The van der Waals surface area contributed by atoms with Crippen LogP contribution in [0.4, 0.5) is 0 Å². The minimum Gasteiger partial charge on any atom is -0.469 e. The van der Waals surface area contributed by atoms with Crippen LogP contribution in [0.15, 0.2) is 0 Å². The van der Waals surface area contributed by atoms with Gasteiger partial charge in [-0.2, -0.15) is 0 Å². The lowest BCUT2D eigenvalue weighted by Gasteiger charge is -2.27. The number of hydrogen-bond acceptors (Lipinski definition) is 5. The van der Waals surface area contributed by atoms with Gasteiger partial charge in [0.15, 0.2) is 0 Å². The van der Waals surface area contributed by atoms with Crippen molar-refractivity contribution < 1.29 is 14.3 Å². The number of rotatable bonds is 6. The van der Waals surface area contributed by atoms with E-state index in [0.717, 1.165) is 39.3 Å². The fourth-order valence-corrected chi connectivity index (χ4v) is 1.81. The van der Waals surface area contributed by atoms with Crippen LogP contribution in [-0.4, -0.2) is 57.4 Å². The van der Waals surface area contributed by atoms with Crippen molar-refractivity contribution in [2.45, 2.75) is 12.8 Å². The molecule has 0 radical (unpaired) electrons. The van der Waals surface area contributed by atoms with E-state index < -0.39 is 0 Å². The smallest absolute Gasteiger partial charge is 0.305 e. The van der Waals surface area contributed by atoms with E-state index in [1.54, 1.807) is 0 Å². The first-order valence-corrected chi connectivity index (χ1v) is 5.83. The first-order chi connectivity index (χ1) is 7.76. The van der Waals surface area contributed by atoms with Gasteiger partial charge in [0.2, 0.25) is 0 Å². The van der Waals surface area contributed by atoms with Gasteiger partial charge in [-0.3, -0.25) is 9.69 Å². The summed E-state index contributed by atoms with van der Waals surface area (Å²) in [5, 5.41) is 0. The number of hydrogen-bond donors (Lipinski definition) is 1. The standard InChI is InChI=1S/C11H22N2O3/c1-15-11(14)8-10(9-12)2-3-13-4-6-16-7-5-13/h10H,2-9,12H2,1H3. The second kappa shape index (κ2) is 7.60. The Labute approximate surface area is 96.9 Å². The Hall–Kier alpha value is -0.650. The molecule has 1 aliphatic rings. The van der Waals surface area contributed by atoms with E-state index in [1.165, 1.54) is 7.11 Å². The van der Waals surface area contributed by atoms with E-state index in [1.807, 2.05) is 0 Å². The van der Waals surface area contributed by atoms with Crippen molar-refractivity contribution in [3.05, 3.63) is 0 Å². The number of carbonyl (C=O) groups is 1. The molecule has 1 unspecified atom stereocenters. The van der Waals surface area contributed by atoms with Crippen molar-refractivity contribution in [1.82, 2.24) is 4.90 Å². The van der Waals surface area contributed by atoms with E-state index in [2.05, 4.69) is 9.64 Å². The van der Waals surface area contributed by atoms with Gasteiger partial charge in [0.1, 0.15) is 0 Å². The van der Waals surface area contributed by atoms with Crippen molar-refractivity contribution in [3.63, 3.8) is 0 Å². The van der Waals surface area contributed by atoms with Crippen LogP contribution in [0.25, 0.3) is 0 Å². The van der Waals surface area contributed by atoms with Crippen molar-refractivity contribution in [3.8, 4) is 0 Å². The van der Waals surface area contributed by atoms with Gasteiger partial charge in [-0.25, -0.2) is 0 Å². The SMILES string of the molecule is COC(=O)CC(CN)CCN1CCOCC1. The number of carbonyl (C=O) groups excluding carboxylic acids is 1. The number of morpholine rings is 1. The van der Waals surface area contributed by atoms with Crippen LogP contribution in [0.1, 0.15) is 12.8 Å². The number of methoxy groups -OCH3 is 1. The van der Waals surface area contributed by atoms with Crippen LogP contribution in [0.5, 0.6) is 0 Å². The van der Waals surface area contributed by atoms with E-state index >= 15 is 0 Å². The molecule has 5 heteroatoms. The Balaban J connectivity index is 2.19. The van der Waals surface area contributed by atoms with Gasteiger partial charge >= 0.3 is 5.97 Å². The molecule has 2 N–H and O–H groups in total. The maximum absolute atomic E-state index is 11.1. The zero-order valence-electron chi connectivity index (χ0n) is 9.98.